The average molecular weight is 317 g/mol. The largest absolute Gasteiger partial charge is 0.435 e. The first-order valence-electron chi connectivity index (χ1n) is 6.63. The van der Waals surface area contributed by atoms with Crippen molar-refractivity contribution in [2.24, 2.45) is 0 Å². The molecule has 0 N–H and O–H groups in total. The summed E-state index contributed by atoms with van der Waals surface area (Å²) in [7, 11) is 0. The molecule has 5 nitrogen and oxygen atoms in total. The van der Waals surface area contributed by atoms with Crippen LogP contribution in [0.3, 0.4) is 0 Å². The molecule has 3 heterocycles. The summed E-state index contributed by atoms with van der Waals surface area (Å²) in [5, 5.41) is 9.57. The standard InChI is InChI=1S/C12H14F3N5S/c13-12(14,15)11-3-6-20(17-11)10-1-4-19(5-2-10)7-9-8-21-18-16-9/h3,6,8,10H,1-2,4-5,7H2. The zero-order valence-electron chi connectivity index (χ0n) is 11.1. The Morgan fingerprint density at radius 2 is 2.05 bits per heavy atom. The Kier molecular flexibility index (Phi) is 3.94. The number of likely N-dealkylation sites (tertiary alicyclic amines) is 1. The molecule has 2 aromatic rings. The van der Waals surface area contributed by atoms with Crippen LogP contribution in [0.4, 0.5) is 13.2 Å². The van der Waals surface area contributed by atoms with Gasteiger partial charge in [0.05, 0.1) is 11.7 Å². The highest BCUT2D eigenvalue weighted by Crippen LogP contribution is 2.29. The molecule has 0 radical (unpaired) electrons. The van der Waals surface area contributed by atoms with Crippen LogP contribution < -0.4 is 0 Å². The van der Waals surface area contributed by atoms with Crippen LogP contribution in [0, 0.1) is 0 Å². The van der Waals surface area contributed by atoms with Crippen LogP contribution in [0.2, 0.25) is 0 Å². The summed E-state index contributed by atoms with van der Waals surface area (Å²) in [6.45, 7) is 2.39. The maximum absolute atomic E-state index is 12.5. The van der Waals surface area contributed by atoms with Crippen LogP contribution in [0.5, 0.6) is 0 Å². The Balaban J connectivity index is 1.57. The fourth-order valence-corrected chi connectivity index (χ4v) is 2.96. The lowest BCUT2D eigenvalue weighted by molar-refractivity contribution is -0.141. The lowest BCUT2D eigenvalue weighted by atomic mass is 10.1. The first kappa shape index (κ1) is 14.5. The van der Waals surface area contributed by atoms with Gasteiger partial charge in [-0.25, -0.2) is 0 Å². The van der Waals surface area contributed by atoms with Gasteiger partial charge in [-0.15, -0.1) is 5.10 Å². The zero-order valence-corrected chi connectivity index (χ0v) is 11.9. The van der Waals surface area contributed by atoms with Crippen molar-refractivity contribution in [1.82, 2.24) is 24.3 Å². The van der Waals surface area contributed by atoms with Gasteiger partial charge < -0.3 is 0 Å². The van der Waals surface area contributed by atoms with E-state index in [1.165, 1.54) is 22.4 Å². The second-order valence-corrected chi connectivity index (χ2v) is 5.69. The zero-order chi connectivity index (χ0) is 14.9. The van der Waals surface area contributed by atoms with Crippen LogP contribution in [0.25, 0.3) is 0 Å². The van der Waals surface area contributed by atoms with E-state index in [0.29, 0.717) is 0 Å². The molecule has 0 saturated carbocycles. The summed E-state index contributed by atoms with van der Waals surface area (Å²) in [5.41, 5.74) is 0.121. The van der Waals surface area contributed by atoms with Crippen molar-refractivity contribution in [3.63, 3.8) is 0 Å². The third kappa shape index (κ3) is 3.41. The molecule has 0 bridgehead atoms. The van der Waals surface area contributed by atoms with Crippen LogP contribution in [0.15, 0.2) is 17.6 Å². The van der Waals surface area contributed by atoms with Crippen molar-refractivity contribution in [2.75, 3.05) is 13.1 Å². The van der Waals surface area contributed by atoms with Crippen molar-refractivity contribution < 1.29 is 13.2 Å². The predicted octanol–water partition coefficient (Wildman–Crippen LogP) is 2.59. The number of hydrogen-bond donors (Lipinski definition) is 0. The van der Waals surface area contributed by atoms with E-state index < -0.39 is 11.9 Å². The minimum Gasteiger partial charge on any atom is -0.297 e. The molecule has 0 aromatic carbocycles. The van der Waals surface area contributed by atoms with Gasteiger partial charge in [0.1, 0.15) is 0 Å². The Hall–Kier alpha value is -1.48. The third-order valence-corrected chi connectivity index (χ3v) is 4.17. The van der Waals surface area contributed by atoms with Gasteiger partial charge in [-0.2, -0.15) is 18.3 Å². The molecule has 1 fully saturated rings. The van der Waals surface area contributed by atoms with E-state index in [0.717, 1.165) is 44.2 Å². The van der Waals surface area contributed by atoms with Crippen molar-refractivity contribution in [3.05, 3.63) is 29.0 Å². The fourth-order valence-electron chi connectivity index (χ4n) is 2.52. The molecule has 21 heavy (non-hydrogen) atoms. The number of alkyl halides is 3. The summed E-state index contributed by atoms with van der Waals surface area (Å²) in [5.74, 6) is 0. The number of hydrogen-bond acceptors (Lipinski definition) is 5. The number of halogens is 3. The van der Waals surface area contributed by atoms with E-state index in [-0.39, 0.29) is 6.04 Å². The van der Waals surface area contributed by atoms with Crippen LogP contribution in [0.1, 0.15) is 30.3 Å². The molecule has 0 aliphatic carbocycles. The smallest absolute Gasteiger partial charge is 0.297 e. The first-order chi connectivity index (χ1) is 10.0. The van der Waals surface area contributed by atoms with E-state index in [2.05, 4.69) is 19.6 Å². The number of rotatable bonds is 3. The minimum atomic E-state index is -4.37. The SMILES string of the molecule is FC(F)(F)c1ccn(C2CCN(Cc3csnn3)CC2)n1. The summed E-state index contributed by atoms with van der Waals surface area (Å²) < 4.78 is 42.9. The van der Waals surface area contributed by atoms with Crippen LogP contribution >= 0.6 is 11.5 Å². The van der Waals surface area contributed by atoms with Crippen molar-refractivity contribution in [2.45, 2.75) is 31.6 Å². The highest BCUT2D eigenvalue weighted by molar-refractivity contribution is 7.03. The lowest BCUT2D eigenvalue weighted by Crippen LogP contribution is -2.34. The van der Waals surface area contributed by atoms with Crippen molar-refractivity contribution in [1.29, 1.82) is 0 Å². The van der Waals surface area contributed by atoms with Gasteiger partial charge in [-0.05, 0) is 30.4 Å². The maximum atomic E-state index is 12.5. The van der Waals surface area contributed by atoms with Crippen LogP contribution in [-0.2, 0) is 12.7 Å². The summed E-state index contributed by atoms with van der Waals surface area (Å²) >= 11 is 1.32. The Morgan fingerprint density at radius 1 is 1.29 bits per heavy atom. The lowest BCUT2D eigenvalue weighted by Gasteiger charge is -2.31. The first-order valence-corrected chi connectivity index (χ1v) is 7.46. The number of piperidine rings is 1. The summed E-state index contributed by atoms with van der Waals surface area (Å²) in [4.78, 5) is 2.24. The Labute approximate surface area is 123 Å². The molecule has 1 saturated heterocycles. The molecule has 1 aliphatic rings. The normalized spacial score (nSPS) is 18.2. The van der Waals surface area contributed by atoms with Gasteiger partial charge in [-0.1, -0.05) is 4.49 Å². The second kappa shape index (κ2) is 5.72. The van der Waals surface area contributed by atoms with Gasteiger partial charge in [0.25, 0.3) is 0 Å². The van der Waals surface area contributed by atoms with E-state index in [9.17, 15) is 13.2 Å². The van der Waals surface area contributed by atoms with Gasteiger partial charge >= 0.3 is 6.18 Å². The van der Waals surface area contributed by atoms with Crippen molar-refractivity contribution >= 4 is 11.5 Å². The molecule has 0 unspecified atom stereocenters. The van der Waals surface area contributed by atoms with E-state index >= 15 is 0 Å². The molecule has 0 spiro atoms. The van der Waals surface area contributed by atoms with Gasteiger partial charge in [0.2, 0.25) is 0 Å². The quantitative estimate of drug-likeness (QED) is 0.873. The minimum absolute atomic E-state index is 0.0332. The monoisotopic (exact) mass is 317 g/mol. The third-order valence-electron chi connectivity index (χ3n) is 3.62. The maximum Gasteiger partial charge on any atom is 0.435 e. The highest BCUT2D eigenvalue weighted by Gasteiger charge is 2.34. The molecular formula is C12H14F3N5S. The highest BCUT2D eigenvalue weighted by atomic mass is 32.1. The second-order valence-electron chi connectivity index (χ2n) is 5.08. The molecule has 3 rings (SSSR count). The van der Waals surface area contributed by atoms with E-state index in [1.807, 2.05) is 5.38 Å². The Bertz CT molecular complexity index is 572. The average Bonchev–Trinajstić information content (AvgIpc) is 3.09. The van der Waals surface area contributed by atoms with E-state index in [4.69, 9.17) is 0 Å². The predicted molar refractivity (Wildman–Crippen MR) is 70.7 cm³/mol. The molecule has 9 heteroatoms. The Morgan fingerprint density at radius 3 is 2.62 bits per heavy atom. The number of nitrogens with zero attached hydrogens (tertiary/aromatic N) is 5. The molecule has 0 atom stereocenters. The van der Waals surface area contributed by atoms with Gasteiger partial charge in [0, 0.05) is 31.2 Å². The topological polar surface area (TPSA) is 46.8 Å². The molecule has 1 aliphatic heterocycles. The van der Waals surface area contributed by atoms with E-state index in [1.54, 1.807) is 0 Å². The molecule has 0 amide bonds. The van der Waals surface area contributed by atoms with Crippen LogP contribution in [-0.4, -0.2) is 37.4 Å². The summed E-state index contributed by atoms with van der Waals surface area (Å²) in [6.07, 6.45) is -1.37. The molecule has 2 aromatic heterocycles. The van der Waals surface area contributed by atoms with Crippen molar-refractivity contribution in [3.8, 4) is 0 Å². The molecular weight excluding hydrogens is 303 g/mol. The van der Waals surface area contributed by atoms with Gasteiger partial charge in [0.15, 0.2) is 5.69 Å². The fraction of sp³-hybridized carbons (Fsp3) is 0.583. The van der Waals surface area contributed by atoms with Gasteiger partial charge in [-0.3, -0.25) is 9.58 Å². The molecule has 114 valence electrons. The number of aromatic nitrogens is 4. The summed E-state index contributed by atoms with van der Waals surface area (Å²) in [6, 6.07) is 1.07.